The maximum Gasteiger partial charge on any atom is 0.329 e. The molecule has 1 unspecified atom stereocenters. The zero-order valence-corrected chi connectivity index (χ0v) is 11.0. The fourth-order valence-corrected chi connectivity index (χ4v) is 1.96. The molecule has 0 saturated carbocycles. The molecule has 0 bridgehead atoms. The third-order valence-corrected chi connectivity index (χ3v) is 3.68. The van der Waals surface area contributed by atoms with Gasteiger partial charge >= 0.3 is 12.0 Å². The molecule has 2 amide bonds. The average Bonchev–Trinajstić information content (AvgIpc) is 2.61. The zero-order valence-electron chi connectivity index (χ0n) is 11.0. The number of carbonyl (C=O) groups excluding carboxylic acids is 1. The summed E-state index contributed by atoms with van der Waals surface area (Å²) in [5.74, 6) is -0.931. The first-order valence-corrected chi connectivity index (χ1v) is 6.06. The Kier molecular flexibility index (Phi) is 3.69. The maximum atomic E-state index is 12.1. The average molecular weight is 242 g/mol. The summed E-state index contributed by atoms with van der Waals surface area (Å²) in [6.45, 7) is 7.97. The maximum absolute atomic E-state index is 12.1. The Hall–Kier alpha value is -1.26. The minimum absolute atomic E-state index is 0.278. The molecule has 1 atom stereocenters. The smallest absolute Gasteiger partial charge is 0.329 e. The molecule has 0 aromatic carbocycles. The van der Waals surface area contributed by atoms with Crippen molar-refractivity contribution >= 4 is 12.0 Å². The standard InChI is InChI=1S/C12H22N2O3/c1-5-11(2,3)13-10(17)14-8-6-7-12(14,4)9(15)16/h5-8H2,1-4H3,(H,13,17)(H,15,16). The van der Waals surface area contributed by atoms with Crippen LogP contribution in [0.3, 0.4) is 0 Å². The molecule has 0 aromatic rings. The Labute approximate surface area is 102 Å². The van der Waals surface area contributed by atoms with Gasteiger partial charge in [-0.25, -0.2) is 9.59 Å². The molecule has 1 aliphatic heterocycles. The van der Waals surface area contributed by atoms with E-state index in [4.69, 9.17) is 0 Å². The van der Waals surface area contributed by atoms with Gasteiger partial charge in [0.25, 0.3) is 0 Å². The molecule has 0 spiro atoms. The van der Waals surface area contributed by atoms with E-state index in [9.17, 15) is 14.7 Å². The second kappa shape index (κ2) is 4.55. The number of hydrogen-bond acceptors (Lipinski definition) is 2. The monoisotopic (exact) mass is 242 g/mol. The number of urea groups is 1. The van der Waals surface area contributed by atoms with Crippen molar-refractivity contribution in [2.45, 2.75) is 58.0 Å². The van der Waals surface area contributed by atoms with Crippen molar-refractivity contribution in [1.82, 2.24) is 10.2 Å². The fourth-order valence-electron chi connectivity index (χ4n) is 1.96. The number of aliphatic carboxylic acids is 1. The second-order valence-corrected chi connectivity index (χ2v) is 5.50. The van der Waals surface area contributed by atoms with Gasteiger partial charge in [-0.1, -0.05) is 6.92 Å². The largest absolute Gasteiger partial charge is 0.480 e. The summed E-state index contributed by atoms with van der Waals surface area (Å²) in [7, 11) is 0. The lowest BCUT2D eigenvalue weighted by molar-refractivity contribution is -0.147. The Balaban J connectivity index is 2.79. The highest BCUT2D eigenvalue weighted by Crippen LogP contribution is 2.29. The summed E-state index contributed by atoms with van der Waals surface area (Å²) in [4.78, 5) is 24.8. The summed E-state index contributed by atoms with van der Waals surface area (Å²) >= 11 is 0. The lowest BCUT2D eigenvalue weighted by Crippen LogP contribution is -2.57. The highest BCUT2D eigenvalue weighted by Gasteiger charge is 2.46. The van der Waals surface area contributed by atoms with Crippen molar-refractivity contribution < 1.29 is 14.7 Å². The van der Waals surface area contributed by atoms with Crippen LogP contribution in [0.4, 0.5) is 4.79 Å². The van der Waals surface area contributed by atoms with Crippen LogP contribution in [0.1, 0.15) is 47.0 Å². The summed E-state index contributed by atoms with van der Waals surface area (Å²) in [6, 6.07) is -0.278. The van der Waals surface area contributed by atoms with Gasteiger partial charge in [-0.15, -0.1) is 0 Å². The first-order valence-electron chi connectivity index (χ1n) is 6.06. The molecule has 98 valence electrons. The van der Waals surface area contributed by atoms with Gasteiger partial charge in [0.15, 0.2) is 0 Å². The third kappa shape index (κ3) is 2.70. The van der Waals surface area contributed by atoms with Crippen LogP contribution in [0.2, 0.25) is 0 Å². The number of likely N-dealkylation sites (tertiary alicyclic amines) is 1. The normalized spacial score (nSPS) is 24.8. The third-order valence-electron chi connectivity index (χ3n) is 3.68. The van der Waals surface area contributed by atoms with Crippen molar-refractivity contribution in [3.8, 4) is 0 Å². The Morgan fingerprint density at radius 3 is 2.53 bits per heavy atom. The van der Waals surface area contributed by atoms with Crippen LogP contribution in [0.25, 0.3) is 0 Å². The van der Waals surface area contributed by atoms with E-state index in [0.29, 0.717) is 13.0 Å². The van der Waals surface area contributed by atoms with Gasteiger partial charge in [-0.3, -0.25) is 0 Å². The summed E-state index contributed by atoms with van der Waals surface area (Å²) in [6.07, 6.45) is 2.06. The van der Waals surface area contributed by atoms with Gasteiger partial charge in [0.05, 0.1) is 0 Å². The molecule has 1 fully saturated rings. The molecular weight excluding hydrogens is 220 g/mol. The number of carboxylic acids is 1. The van der Waals surface area contributed by atoms with E-state index in [1.165, 1.54) is 4.90 Å². The van der Waals surface area contributed by atoms with Gasteiger partial charge in [0, 0.05) is 12.1 Å². The van der Waals surface area contributed by atoms with Gasteiger partial charge < -0.3 is 15.3 Å². The van der Waals surface area contributed by atoms with Crippen LogP contribution in [0.15, 0.2) is 0 Å². The number of amides is 2. The SMILES string of the molecule is CCC(C)(C)NC(=O)N1CCCC1(C)C(=O)O. The predicted octanol–water partition coefficient (Wildman–Crippen LogP) is 1.82. The first kappa shape index (κ1) is 13.8. The van der Waals surface area contributed by atoms with E-state index < -0.39 is 11.5 Å². The van der Waals surface area contributed by atoms with E-state index in [2.05, 4.69) is 5.32 Å². The van der Waals surface area contributed by atoms with Gasteiger partial charge in [0.1, 0.15) is 5.54 Å². The second-order valence-electron chi connectivity index (χ2n) is 5.50. The lowest BCUT2D eigenvalue weighted by atomic mass is 9.99. The number of hydrogen-bond donors (Lipinski definition) is 2. The molecule has 17 heavy (non-hydrogen) atoms. The van der Waals surface area contributed by atoms with E-state index in [0.717, 1.165) is 12.8 Å². The Morgan fingerprint density at radius 1 is 1.47 bits per heavy atom. The van der Waals surface area contributed by atoms with E-state index >= 15 is 0 Å². The molecule has 1 heterocycles. The number of nitrogens with zero attached hydrogens (tertiary/aromatic N) is 1. The molecule has 1 rings (SSSR count). The molecule has 1 aliphatic rings. The molecule has 0 radical (unpaired) electrons. The fraction of sp³-hybridized carbons (Fsp3) is 0.833. The van der Waals surface area contributed by atoms with E-state index in [1.807, 2.05) is 20.8 Å². The summed E-state index contributed by atoms with van der Waals surface area (Å²) in [5.41, 5.74) is -1.37. The van der Waals surface area contributed by atoms with Crippen LogP contribution >= 0.6 is 0 Å². The van der Waals surface area contributed by atoms with Crippen LogP contribution in [0.5, 0.6) is 0 Å². The van der Waals surface area contributed by atoms with Gasteiger partial charge in [0.2, 0.25) is 0 Å². The molecule has 2 N–H and O–H groups in total. The van der Waals surface area contributed by atoms with Crippen molar-refractivity contribution in [1.29, 1.82) is 0 Å². The Morgan fingerprint density at radius 2 is 2.06 bits per heavy atom. The first-order chi connectivity index (χ1) is 7.73. The number of rotatable bonds is 3. The molecular formula is C12H22N2O3. The van der Waals surface area contributed by atoms with Gasteiger partial charge in [-0.2, -0.15) is 0 Å². The van der Waals surface area contributed by atoms with Crippen molar-refractivity contribution in [3.05, 3.63) is 0 Å². The number of carbonyl (C=O) groups is 2. The minimum Gasteiger partial charge on any atom is -0.480 e. The van der Waals surface area contributed by atoms with E-state index in [-0.39, 0.29) is 11.6 Å². The number of nitrogens with one attached hydrogen (secondary N) is 1. The van der Waals surface area contributed by atoms with Crippen LogP contribution < -0.4 is 5.32 Å². The summed E-state index contributed by atoms with van der Waals surface area (Å²) < 4.78 is 0. The highest BCUT2D eigenvalue weighted by molar-refractivity contribution is 5.86. The molecule has 0 aromatic heterocycles. The predicted molar refractivity (Wildman–Crippen MR) is 64.9 cm³/mol. The van der Waals surface area contributed by atoms with Crippen LogP contribution in [0, 0.1) is 0 Å². The minimum atomic E-state index is -1.06. The Bertz CT molecular complexity index is 328. The van der Waals surface area contributed by atoms with Crippen LogP contribution in [-0.4, -0.2) is 39.6 Å². The molecule has 1 saturated heterocycles. The highest BCUT2D eigenvalue weighted by atomic mass is 16.4. The molecule has 5 nitrogen and oxygen atoms in total. The van der Waals surface area contributed by atoms with Crippen molar-refractivity contribution in [2.75, 3.05) is 6.54 Å². The van der Waals surface area contributed by atoms with Crippen molar-refractivity contribution in [2.24, 2.45) is 0 Å². The quantitative estimate of drug-likeness (QED) is 0.793. The van der Waals surface area contributed by atoms with Gasteiger partial charge in [-0.05, 0) is 40.0 Å². The topological polar surface area (TPSA) is 69.6 Å². The van der Waals surface area contributed by atoms with E-state index in [1.54, 1.807) is 6.92 Å². The zero-order chi connectivity index (χ0) is 13.3. The molecule has 5 heteroatoms. The number of carboxylic acid groups (broad SMARTS) is 1. The van der Waals surface area contributed by atoms with Crippen LogP contribution in [-0.2, 0) is 4.79 Å². The summed E-state index contributed by atoms with van der Waals surface area (Å²) in [5, 5.41) is 12.1. The van der Waals surface area contributed by atoms with Crippen molar-refractivity contribution in [3.63, 3.8) is 0 Å². The molecule has 0 aliphatic carbocycles. The lowest BCUT2D eigenvalue weighted by Gasteiger charge is -2.34.